The van der Waals surface area contributed by atoms with E-state index in [1.807, 2.05) is 23.1 Å². The fourth-order valence-corrected chi connectivity index (χ4v) is 5.93. The average molecular weight is 508 g/mol. The van der Waals surface area contributed by atoms with E-state index in [1.54, 1.807) is 37.0 Å². The lowest BCUT2D eigenvalue weighted by molar-refractivity contribution is -0.111. The SMILES string of the molecule is CC(=O)C1=NN2c3cc(F)ccc3OC[C@H]2[C@@]1(CCCN1CCN(C(=O)N(C)C)CC1)c1ccccc1. The predicted molar refractivity (Wildman–Crippen MR) is 141 cm³/mol. The Bertz CT molecular complexity index is 1200. The van der Waals surface area contributed by atoms with Crippen LogP contribution in [0.5, 0.6) is 5.75 Å². The van der Waals surface area contributed by atoms with Crippen molar-refractivity contribution in [2.24, 2.45) is 5.10 Å². The van der Waals surface area contributed by atoms with E-state index in [-0.39, 0.29) is 23.7 Å². The van der Waals surface area contributed by atoms with Crippen LogP contribution in [0.25, 0.3) is 0 Å². The molecule has 2 atom stereocenters. The topological polar surface area (TPSA) is 68.7 Å². The van der Waals surface area contributed by atoms with Crippen molar-refractivity contribution in [3.05, 3.63) is 59.9 Å². The van der Waals surface area contributed by atoms with Crippen molar-refractivity contribution in [3.63, 3.8) is 0 Å². The number of carbonyl (C=O) groups excluding carboxylic acids is 2. The number of anilines is 1. The summed E-state index contributed by atoms with van der Waals surface area (Å²) in [6.07, 6.45) is 1.53. The van der Waals surface area contributed by atoms with Gasteiger partial charge in [-0.15, -0.1) is 0 Å². The van der Waals surface area contributed by atoms with Crippen LogP contribution >= 0.6 is 0 Å². The first-order chi connectivity index (χ1) is 17.8. The first kappa shape index (κ1) is 25.2. The number of hydrazone groups is 1. The number of hydrogen-bond donors (Lipinski definition) is 0. The number of fused-ring (bicyclic) bond motifs is 3. The maximum atomic E-state index is 14.2. The van der Waals surface area contributed by atoms with Crippen LogP contribution in [-0.2, 0) is 10.2 Å². The van der Waals surface area contributed by atoms with Crippen LogP contribution in [-0.4, -0.2) is 91.7 Å². The Labute approximate surface area is 217 Å². The van der Waals surface area contributed by atoms with Gasteiger partial charge in [0.15, 0.2) is 5.78 Å². The number of piperazine rings is 1. The van der Waals surface area contributed by atoms with Gasteiger partial charge in [0.1, 0.15) is 35.6 Å². The molecule has 8 nitrogen and oxygen atoms in total. The highest BCUT2D eigenvalue weighted by Gasteiger charge is 2.55. The summed E-state index contributed by atoms with van der Waals surface area (Å²) in [7, 11) is 3.55. The van der Waals surface area contributed by atoms with Gasteiger partial charge in [-0.1, -0.05) is 30.3 Å². The first-order valence-electron chi connectivity index (χ1n) is 12.9. The number of benzene rings is 2. The molecule has 196 valence electrons. The standard InChI is InChI=1S/C28H34FN5O3/c1-20(35)26-28(21-8-5-4-6-9-21,12-7-13-32-14-16-33(17-15-32)27(36)31(2)3)25-19-37-24-11-10-22(29)18-23(24)34(25)30-26/h4-6,8-11,18,25H,7,12-17,19H2,1-3H3/t25-,28+/m0/s1. The van der Waals surface area contributed by atoms with Crippen LogP contribution in [0.4, 0.5) is 14.9 Å². The number of halogens is 1. The van der Waals surface area contributed by atoms with Crippen molar-refractivity contribution < 1.29 is 18.7 Å². The Balaban J connectivity index is 1.40. The molecule has 0 radical (unpaired) electrons. The number of carbonyl (C=O) groups is 2. The van der Waals surface area contributed by atoms with E-state index < -0.39 is 5.41 Å². The summed E-state index contributed by atoms with van der Waals surface area (Å²) in [4.78, 5) is 31.2. The van der Waals surface area contributed by atoms with Crippen LogP contribution in [0.1, 0.15) is 25.3 Å². The molecule has 0 saturated carbocycles. The van der Waals surface area contributed by atoms with E-state index >= 15 is 0 Å². The number of Topliss-reactive ketones (excluding diaryl/α,β-unsaturated/α-hetero) is 1. The summed E-state index contributed by atoms with van der Waals surface area (Å²) >= 11 is 0. The highest BCUT2D eigenvalue weighted by atomic mass is 19.1. The fraction of sp³-hybridized carbons (Fsp3) is 0.464. The smallest absolute Gasteiger partial charge is 0.319 e. The van der Waals surface area contributed by atoms with E-state index in [0.29, 0.717) is 43.3 Å². The number of nitrogens with zero attached hydrogens (tertiary/aromatic N) is 5. The monoisotopic (exact) mass is 507 g/mol. The molecule has 0 spiro atoms. The summed E-state index contributed by atoms with van der Waals surface area (Å²) in [5.74, 6) is 0.108. The number of ether oxygens (including phenoxy) is 1. The Morgan fingerprint density at radius 1 is 1.11 bits per heavy atom. The molecule has 0 aromatic heterocycles. The van der Waals surface area contributed by atoms with Crippen LogP contribution in [0.2, 0.25) is 0 Å². The molecule has 0 unspecified atom stereocenters. The van der Waals surface area contributed by atoms with Gasteiger partial charge in [0.05, 0.1) is 5.41 Å². The second-order valence-electron chi connectivity index (χ2n) is 10.2. The zero-order chi connectivity index (χ0) is 26.2. The van der Waals surface area contributed by atoms with Crippen LogP contribution in [0.15, 0.2) is 53.6 Å². The molecule has 9 heteroatoms. The van der Waals surface area contributed by atoms with Crippen LogP contribution < -0.4 is 9.75 Å². The van der Waals surface area contributed by atoms with Gasteiger partial charge in [0.25, 0.3) is 0 Å². The van der Waals surface area contributed by atoms with E-state index in [2.05, 4.69) is 17.0 Å². The van der Waals surface area contributed by atoms with Crippen molar-refractivity contribution in [1.82, 2.24) is 14.7 Å². The number of rotatable bonds is 6. The molecule has 2 amide bonds. The highest BCUT2D eigenvalue weighted by Crippen LogP contribution is 2.48. The van der Waals surface area contributed by atoms with Crippen molar-refractivity contribution >= 4 is 23.2 Å². The minimum Gasteiger partial charge on any atom is -0.489 e. The second kappa shape index (κ2) is 10.1. The Morgan fingerprint density at radius 2 is 1.84 bits per heavy atom. The summed E-state index contributed by atoms with van der Waals surface area (Å²) < 4.78 is 20.3. The predicted octanol–water partition coefficient (Wildman–Crippen LogP) is 3.37. The molecule has 2 aromatic rings. The Hall–Kier alpha value is -3.46. The van der Waals surface area contributed by atoms with Crippen LogP contribution in [0, 0.1) is 5.82 Å². The third kappa shape index (κ3) is 4.56. The molecule has 1 saturated heterocycles. The average Bonchev–Trinajstić information content (AvgIpc) is 3.25. The minimum atomic E-state index is -0.681. The molecule has 1 fully saturated rings. The van der Waals surface area contributed by atoms with Gasteiger partial charge in [-0.05, 0) is 37.1 Å². The van der Waals surface area contributed by atoms with Gasteiger partial charge in [0, 0.05) is 53.3 Å². The quantitative estimate of drug-likeness (QED) is 0.600. The number of hydrogen-bond acceptors (Lipinski definition) is 6. The fourth-order valence-electron chi connectivity index (χ4n) is 5.93. The lowest BCUT2D eigenvalue weighted by Gasteiger charge is -2.42. The highest BCUT2D eigenvalue weighted by molar-refractivity contribution is 6.43. The lowest BCUT2D eigenvalue weighted by atomic mass is 9.67. The zero-order valence-corrected chi connectivity index (χ0v) is 21.7. The molecule has 3 heterocycles. The molecule has 0 aliphatic carbocycles. The van der Waals surface area contributed by atoms with E-state index in [0.717, 1.165) is 31.6 Å². The zero-order valence-electron chi connectivity index (χ0n) is 21.7. The molecular formula is C28H34FN5O3. The summed E-state index contributed by atoms with van der Waals surface area (Å²) in [6, 6.07) is 14.2. The molecule has 5 rings (SSSR count). The van der Waals surface area contributed by atoms with Crippen molar-refractivity contribution in [1.29, 1.82) is 0 Å². The maximum Gasteiger partial charge on any atom is 0.319 e. The van der Waals surface area contributed by atoms with E-state index in [4.69, 9.17) is 9.84 Å². The van der Waals surface area contributed by atoms with Gasteiger partial charge in [-0.3, -0.25) is 14.7 Å². The molecule has 37 heavy (non-hydrogen) atoms. The number of amides is 2. The summed E-state index contributed by atoms with van der Waals surface area (Å²) in [5.41, 5.74) is 1.38. The van der Waals surface area contributed by atoms with Crippen molar-refractivity contribution in [2.45, 2.75) is 31.2 Å². The molecule has 0 N–H and O–H groups in total. The lowest BCUT2D eigenvalue weighted by Crippen LogP contribution is -2.54. The molecule has 0 bridgehead atoms. The Kier molecular flexibility index (Phi) is 6.90. The normalized spacial score (nSPS) is 23.1. The van der Waals surface area contributed by atoms with Crippen molar-refractivity contribution in [3.8, 4) is 5.75 Å². The molecular weight excluding hydrogens is 473 g/mol. The summed E-state index contributed by atoms with van der Waals surface area (Å²) in [5, 5.41) is 6.63. The largest absolute Gasteiger partial charge is 0.489 e. The number of urea groups is 1. The van der Waals surface area contributed by atoms with E-state index in [9.17, 15) is 14.0 Å². The van der Waals surface area contributed by atoms with Crippen LogP contribution in [0.3, 0.4) is 0 Å². The van der Waals surface area contributed by atoms with Gasteiger partial charge >= 0.3 is 6.03 Å². The maximum absolute atomic E-state index is 14.2. The van der Waals surface area contributed by atoms with Crippen molar-refractivity contribution in [2.75, 3.05) is 58.4 Å². The molecule has 3 aliphatic rings. The van der Waals surface area contributed by atoms with Gasteiger partial charge < -0.3 is 14.5 Å². The first-order valence-corrected chi connectivity index (χ1v) is 12.9. The third-order valence-electron chi connectivity index (χ3n) is 7.75. The molecule has 3 aliphatic heterocycles. The third-order valence-corrected chi connectivity index (χ3v) is 7.75. The van der Waals surface area contributed by atoms with Gasteiger partial charge in [0.2, 0.25) is 0 Å². The number of ketones is 1. The Morgan fingerprint density at radius 3 is 2.51 bits per heavy atom. The van der Waals surface area contributed by atoms with Gasteiger partial charge in [-0.2, -0.15) is 5.10 Å². The summed E-state index contributed by atoms with van der Waals surface area (Å²) in [6.45, 7) is 5.79. The second-order valence-corrected chi connectivity index (χ2v) is 10.2. The molecule has 2 aromatic carbocycles. The van der Waals surface area contributed by atoms with E-state index in [1.165, 1.54) is 12.1 Å². The van der Waals surface area contributed by atoms with Gasteiger partial charge in [-0.25, -0.2) is 9.18 Å². The minimum absolute atomic E-state index is 0.0463.